The Labute approximate surface area is 174 Å². The van der Waals surface area contributed by atoms with E-state index < -0.39 is 28.9 Å². The molecule has 0 bridgehead atoms. The lowest BCUT2D eigenvalue weighted by atomic mass is 10.0. The van der Waals surface area contributed by atoms with Gasteiger partial charge in [-0.05, 0) is 37.6 Å². The lowest BCUT2D eigenvalue weighted by molar-refractivity contribution is -0.137. The molecule has 1 aromatic heterocycles. The normalized spacial score (nSPS) is 18.4. The number of rotatable bonds is 3. The van der Waals surface area contributed by atoms with E-state index in [-0.39, 0.29) is 5.69 Å². The average molecular weight is 433 g/mol. The summed E-state index contributed by atoms with van der Waals surface area (Å²) in [6, 6.07) is 11.9. The highest BCUT2D eigenvalue weighted by Crippen LogP contribution is 2.38. The largest absolute Gasteiger partial charge is 0.416 e. The maximum Gasteiger partial charge on any atom is 0.416 e. The SMILES string of the molecule is Cc1ccc([C@@H]2Nn3c(C)nnc3S[C@@H]2C(=O)Nc2cccc(C(F)(F)F)c2)cc1. The maximum absolute atomic E-state index is 13.1. The number of nitrogens with zero attached hydrogens (tertiary/aromatic N) is 3. The summed E-state index contributed by atoms with van der Waals surface area (Å²) >= 11 is 1.21. The standard InChI is InChI=1S/C20H18F3N5OS/c1-11-6-8-13(9-7-11)16-17(30-19-26-25-12(2)28(19)27-16)18(29)24-15-5-3-4-14(10-15)20(21,22)23/h3-10,16-17,27H,1-2H3,(H,24,29)/t16-,17-/m0/s1. The first-order valence-corrected chi connectivity index (χ1v) is 10.0. The Hall–Kier alpha value is -3.01. The zero-order valence-electron chi connectivity index (χ0n) is 16.1. The molecule has 0 spiro atoms. The Balaban J connectivity index is 1.64. The number of fused-ring (bicyclic) bond motifs is 1. The molecule has 0 unspecified atom stereocenters. The van der Waals surface area contributed by atoms with Crippen LogP contribution in [-0.2, 0) is 11.0 Å². The van der Waals surface area contributed by atoms with E-state index in [1.165, 1.54) is 23.9 Å². The van der Waals surface area contributed by atoms with E-state index in [0.717, 1.165) is 23.3 Å². The molecule has 10 heteroatoms. The molecular weight excluding hydrogens is 415 g/mol. The van der Waals surface area contributed by atoms with Gasteiger partial charge in [0.2, 0.25) is 11.1 Å². The monoisotopic (exact) mass is 433 g/mol. The Bertz CT molecular complexity index is 1080. The number of benzene rings is 2. The van der Waals surface area contributed by atoms with Crippen molar-refractivity contribution in [2.75, 3.05) is 10.7 Å². The third-order valence-electron chi connectivity index (χ3n) is 4.75. The minimum atomic E-state index is -4.49. The van der Waals surface area contributed by atoms with Crippen LogP contribution in [0.3, 0.4) is 0 Å². The zero-order valence-corrected chi connectivity index (χ0v) is 16.9. The highest BCUT2D eigenvalue weighted by molar-refractivity contribution is 8.00. The van der Waals surface area contributed by atoms with Gasteiger partial charge in [0.15, 0.2) is 0 Å². The Morgan fingerprint density at radius 3 is 2.57 bits per heavy atom. The smallest absolute Gasteiger partial charge is 0.325 e. The lowest BCUT2D eigenvalue weighted by Crippen LogP contribution is -2.41. The minimum absolute atomic E-state index is 0.0845. The van der Waals surface area contributed by atoms with E-state index in [2.05, 4.69) is 20.9 Å². The fourth-order valence-corrected chi connectivity index (χ4v) is 4.30. The number of amides is 1. The van der Waals surface area contributed by atoms with Crippen LogP contribution < -0.4 is 10.7 Å². The van der Waals surface area contributed by atoms with Crippen molar-refractivity contribution < 1.29 is 18.0 Å². The maximum atomic E-state index is 13.1. The number of aromatic nitrogens is 3. The van der Waals surface area contributed by atoms with Crippen LogP contribution >= 0.6 is 11.8 Å². The molecule has 3 aromatic rings. The highest BCUT2D eigenvalue weighted by Gasteiger charge is 2.38. The van der Waals surface area contributed by atoms with Crippen LogP contribution in [-0.4, -0.2) is 26.0 Å². The third kappa shape index (κ3) is 4.00. The molecule has 2 atom stereocenters. The van der Waals surface area contributed by atoms with Crippen LogP contribution in [0.25, 0.3) is 0 Å². The van der Waals surface area contributed by atoms with Gasteiger partial charge in [0.1, 0.15) is 11.1 Å². The molecule has 2 heterocycles. The van der Waals surface area contributed by atoms with Crippen molar-refractivity contribution in [1.82, 2.24) is 14.9 Å². The summed E-state index contributed by atoms with van der Waals surface area (Å²) in [5, 5.41) is 10.6. The third-order valence-corrected chi connectivity index (χ3v) is 5.97. The number of halogens is 3. The van der Waals surface area contributed by atoms with E-state index in [1.54, 1.807) is 11.6 Å². The van der Waals surface area contributed by atoms with Crippen molar-refractivity contribution in [3.8, 4) is 0 Å². The number of carbonyl (C=O) groups excluding carboxylic acids is 1. The summed E-state index contributed by atoms with van der Waals surface area (Å²) in [7, 11) is 0. The molecule has 0 radical (unpaired) electrons. The number of anilines is 1. The van der Waals surface area contributed by atoms with Crippen LogP contribution in [0.15, 0.2) is 53.7 Å². The summed E-state index contributed by atoms with van der Waals surface area (Å²) in [5.41, 5.74) is 4.48. The summed E-state index contributed by atoms with van der Waals surface area (Å²) in [6.07, 6.45) is -4.49. The first-order valence-electron chi connectivity index (χ1n) is 9.12. The summed E-state index contributed by atoms with van der Waals surface area (Å²) in [6.45, 7) is 3.76. The van der Waals surface area contributed by atoms with Gasteiger partial charge < -0.3 is 10.7 Å². The topological polar surface area (TPSA) is 71.8 Å². The van der Waals surface area contributed by atoms with Crippen molar-refractivity contribution in [2.45, 2.75) is 36.5 Å². The van der Waals surface area contributed by atoms with E-state index in [0.29, 0.717) is 11.0 Å². The number of hydrogen-bond donors (Lipinski definition) is 2. The molecule has 2 N–H and O–H groups in total. The predicted octanol–water partition coefficient (Wildman–Crippen LogP) is 4.31. The van der Waals surface area contributed by atoms with E-state index in [9.17, 15) is 18.0 Å². The van der Waals surface area contributed by atoms with Gasteiger partial charge in [0.25, 0.3) is 0 Å². The van der Waals surface area contributed by atoms with Gasteiger partial charge >= 0.3 is 6.18 Å². The van der Waals surface area contributed by atoms with E-state index in [4.69, 9.17) is 0 Å². The Morgan fingerprint density at radius 1 is 1.13 bits per heavy atom. The number of aryl methyl sites for hydroxylation is 2. The second kappa shape index (κ2) is 7.67. The van der Waals surface area contributed by atoms with E-state index >= 15 is 0 Å². The summed E-state index contributed by atoms with van der Waals surface area (Å²) < 4.78 is 40.7. The van der Waals surface area contributed by atoms with Gasteiger partial charge in [-0.1, -0.05) is 47.7 Å². The molecule has 0 aliphatic carbocycles. The second-order valence-corrected chi connectivity index (χ2v) is 8.10. The van der Waals surface area contributed by atoms with Crippen molar-refractivity contribution >= 4 is 23.4 Å². The Morgan fingerprint density at radius 2 is 1.87 bits per heavy atom. The van der Waals surface area contributed by atoms with Gasteiger partial charge in [-0.25, -0.2) is 4.68 Å². The average Bonchev–Trinajstić information content (AvgIpc) is 3.07. The molecule has 156 valence electrons. The van der Waals surface area contributed by atoms with Crippen molar-refractivity contribution in [1.29, 1.82) is 0 Å². The molecule has 0 saturated carbocycles. The summed E-state index contributed by atoms with van der Waals surface area (Å²) in [5.74, 6) is 0.218. The number of thioether (sulfide) groups is 1. The van der Waals surface area contributed by atoms with Crippen molar-refractivity contribution in [3.63, 3.8) is 0 Å². The molecule has 0 saturated heterocycles. The van der Waals surface area contributed by atoms with Gasteiger partial charge in [0, 0.05) is 5.69 Å². The number of hydrogen-bond acceptors (Lipinski definition) is 5. The first-order chi connectivity index (χ1) is 14.2. The fraction of sp³-hybridized carbons (Fsp3) is 0.250. The van der Waals surface area contributed by atoms with Crippen LogP contribution in [0.1, 0.15) is 28.6 Å². The van der Waals surface area contributed by atoms with Crippen LogP contribution in [0.2, 0.25) is 0 Å². The number of carbonyl (C=O) groups is 1. The molecule has 1 aliphatic heterocycles. The van der Waals surface area contributed by atoms with Crippen LogP contribution in [0.4, 0.5) is 18.9 Å². The van der Waals surface area contributed by atoms with Crippen molar-refractivity contribution in [3.05, 3.63) is 71.0 Å². The minimum Gasteiger partial charge on any atom is -0.325 e. The van der Waals surface area contributed by atoms with Crippen LogP contribution in [0.5, 0.6) is 0 Å². The van der Waals surface area contributed by atoms with Gasteiger partial charge in [0.05, 0.1) is 11.6 Å². The summed E-state index contributed by atoms with van der Waals surface area (Å²) in [4.78, 5) is 13.1. The zero-order chi connectivity index (χ0) is 21.5. The highest BCUT2D eigenvalue weighted by atomic mass is 32.2. The molecule has 1 aliphatic rings. The molecular formula is C20H18F3N5OS. The molecule has 30 heavy (non-hydrogen) atoms. The second-order valence-electron chi connectivity index (χ2n) is 6.99. The quantitative estimate of drug-likeness (QED) is 0.644. The predicted molar refractivity (Wildman–Crippen MR) is 108 cm³/mol. The lowest BCUT2D eigenvalue weighted by Gasteiger charge is -2.32. The van der Waals surface area contributed by atoms with E-state index in [1.807, 2.05) is 31.2 Å². The Kier molecular flexibility index (Phi) is 5.19. The molecule has 0 fully saturated rings. The van der Waals surface area contributed by atoms with Crippen molar-refractivity contribution in [2.24, 2.45) is 0 Å². The first kappa shape index (κ1) is 20.3. The number of alkyl halides is 3. The molecule has 4 rings (SSSR count). The fourth-order valence-electron chi connectivity index (χ4n) is 3.17. The molecule has 6 nitrogen and oxygen atoms in total. The van der Waals surface area contributed by atoms with Gasteiger partial charge in [-0.2, -0.15) is 13.2 Å². The van der Waals surface area contributed by atoms with Gasteiger partial charge in [-0.15, -0.1) is 10.2 Å². The van der Waals surface area contributed by atoms with Crippen LogP contribution in [0, 0.1) is 13.8 Å². The van der Waals surface area contributed by atoms with Gasteiger partial charge in [-0.3, -0.25) is 4.79 Å². The molecule has 1 amide bonds. The molecule has 2 aromatic carbocycles. The number of nitrogens with one attached hydrogen (secondary N) is 2.